The number of carboxylic acids is 1. The molecule has 0 saturated carbocycles. The molecular formula is C12H16N2O4S. The average Bonchev–Trinajstić information content (AvgIpc) is 2.74. The fourth-order valence-electron chi connectivity index (χ4n) is 1.41. The molecule has 0 aromatic carbocycles. The van der Waals surface area contributed by atoms with E-state index >= 15 is 0 Å². The van der Waals surface area contributed by atoms with Crippen LogP contribution < -0.4 is 5.32 Å². The highest BCUT2D eigenvalue weighted by atomic mass is 32.1. The van der Waals surface area contributed by atoms with Gasteiger partial charge in [0.1, 0.15) is 0 Å². The summed E-state index contributed by atoms with van der Waals surface area (Å²) in [6.07, 6.45) is 4.33. The molecule has 0 aliphatic carbocycles. The van der Waals surface area contributed by atoms with Gasteiger partial charge in [-0.15, -0.1) is 0 Å². The molecule has 1 aromatic rings. The highest BCUT2D eigenvalue weighted by molar-refractivity contribution is 7.16. The second-order valence-corrected chi connectivity index (χ2v) is 5.11. The first-order valence-electron chi connectivity index (χ1n) is 5.67. The van der Waals surface area contributed by atoms with E-state index in [2.05, 4.69) is 10.3 Å². The third kappa shape index (κ3) is 6.12. The maximum absolute atomic E-state index is 11.7. The number of carbonyl (C=O) groups excluding carboxylic acids is 1. The van der Waals surface area contributed by atoms with E-state index in [9.17, 15) is 9.59 Å². The number of methoxy groups -OCH3 is 1. The summed E-state index contributed by atoms with van der Waals surface area (Å²) < 4.78 is 4.96. The first kappa shape index (κ1) is 15.3. The van der Waals surface area contributed by atoms with Crippen LogP contribution in [0.25, 0.3) is 6.08 Å². The lowest BCUT2D eigenvalue weighted by Crippen LogP contribution is -2.17. The summed E-state index contributed by atoms with van der Waals surface area (Å²) in [6, 6.07) is 0. The number of nitrogens with zero attached hydrogens (tertiary/aromatic N) is 1. The molecule has 2 N–H and O–H groups in total. The van der Waals surface area contributed by atoms with Crippen molar-refractivity contribution in [3.8, 4) is 0 Å². The van der Waals surface area contributed by atoms with Crippen LogP contribution in [0.1, 0.15) is 18.2 Å². The predicted octanol–water partition coefficient (Wildman–Crippen LogP) is 1.85. The molecule has 1 rings (SSSR count). The first-order chi connectivity index (χ1) is 9.01. The van der Waals surface area contributed by atoms with Gasteiger partial charge < -0.3 is 15.2 Å². The molecule has 0 saturated heterocycles. The number of hydrogen-bond donors (Lipinski definition) is 2. The molecule has 1 unspecified atom stereocenters. The van der Waals surface area contributed by atoms with Crippen LogP contribution in [-0.4, -0.2) is 35.7 Å². The fourth-order valence-corrected chi connectivity index (χ4v) is 2.14. The Labute approximate surface area is 115 Å². The van der Waals surface area contributed by atoms with Crippen molar-refractivity contribution in [2.75, 3.05) is 19.0 Å². The Bertz CT molecular complexity index is 470. The van der Waals surface area contributed by atoms with Gasteiger partial charge in [0.05, 0.1) is 0 Å². The van der Waals surface area contributed by atoms with Crippen molar-refractivity contribution in [2.45, 2.75) is 13.3 Å². The Morgan fingerprint density at radius 2 is 2.37 bits per heavy atom. The van der Waals surface area contributed by atoms with Gasteiger partial charge in [-0.2, -0.15) is 0 Å². The van der Waals surface area contributed by atoms with Crippen LogP contribution in [0.5, 0.6) is 0 Å². The normalized spacial score (nSPS) is 12.5. The number of carboxylic acid groups (broad SMARTS) is 1. The van der Waals surface area contributed by atoms with Crippen molar-refractivity contribution in [3.63, 3.8) is 0 Å². The van der Waals surface area contributed by atoms with Gasteiger partial charge in [-0.3, -0.25) is 4.79 Å². The van der Waals surface area contributed by atoms with Crippen LogP contribution in [0, 0.1) is 5.92 Å². The molecule has 0 aliphatic heterocycles. The molecule has 0 fully saturated rings. The zero-order chi connectivity index (χ0) is 14.3. The fraction of sp³-hybridized carbons (Fsp3) is 0.417. The molecule has 7 heteroatoms. The first-order valence-corrected chi connectivity index (χ1v) is 6.48. The maximum Gasteiger partial charge on any atom is 0.328 e. The van der Waals surface area contributed by atoms with E-state index < -0.39 is 5.97 Å². The molecule has 0 spiro atoms. The van der Waals surface area contributed by atoms with E-state index in [4.69, 9.17) is 9.84 Å². The summed E-state index contributed by atoms with van der Waals surface area (Å²) in [5.74, 6) is -1.02. The Hall–Kier alpha value is -1.73. The summed E-state index contributed by atoms with van der Waals surface area (Å²) in [5.41, 5.74) is 0. The number of nitrogens with one attached hydrogen (secondary N) is 1. The molecule has 19 heavy (non-hydrogen) atoms. The van der Waals surface area contributed by atoms with Crippen molar-refractivity contribution in [1.82, 2.24) is 4.98 Å². The van der Waals surface area contributed by atoms with Crippen LogP contribution in [0.15, 0.2) is 12.3 Å². The molecular weight excluding hydrogens is 268 g/mol. The minimum atomic E-state index is -1.02. The Morgan fingerprint density at radius 1 is 1.63 bits per heavy atom. The summed E-state index contributed by atoms with van der Waals surface area (Å²) in [7, 11) is 1.59. The minimum absolute atomic E-state index is 0.132. The van der Waals surface area contributed by atoms with Crippen LogP contribution in [0.2, 0.25) is 0 Å². The van der Waals surface area contributed by atoms with Gasteiger partial charge in [-0.1, -0.05) is 18.3 Å². The number of hydrogen-bond acceptors (Lipinski definition) is 5. The topological polar surface area (TPSA) is 88.5 Å². The zero-order valence-corrected chi connectivity index (χ0v) is 11.6. The molecule has 1 aromatic heterocycles. The van der Waals surface area contributed by atoms with Gasteiger partial charge in [-0.25, -0.2) is 9.78 Å². The largest absolute Gasteiger partial charge is 0.478 e. The lowest BCUT2D eigenvalue weighted by Gasteiger charge is -2.08. The van der Waals surface area contributed by atoms with E-state index in [-0.39, 0.29) is 11.8 Å². The van der Waals surface area contributed by atoms with E-state index in [1.54, 1.807) is 7.11 Å². The Morgan fingerprint density at radius 3 is 3.00 bits per heavy atom. The Balaban J connectivity index is 2.49. The molecule has 1 heterocycles. The molecule has 0 radical (unpaired) electrons. The van der Waals surface area contributed by atoms with Crippen molar-refractivity contribution >= 4 is 34.4 Å². The number of carbonyl (C=O) groups is 2. The van der Waals surface area contributed by atoms with Gasteiger partial charge in [0, 0.05) is 37.3 Å². The smallest absolute Gasteiger partial charge is 0.328 e. The Kier molecular flexibility index (Phi) is 6.17. The van der Waals surface area contributed by atoms with Crippen LogP contribution >= 0.6 is 11.3 Å². The number of rotatable bonds is 7. The van der Waals surface area contributed by atoms with Crippen LogP contribution in [0.4, 0.5) is 5.13 Å². The highest BCUT2D eigenvalue weighted by Gasteiger charge is 2.10. The lowest BCUT2D eigenvalue weighted by molar-refractivity contribution is -0.131. The highest BCUT2D eigenvalue weighted by Crippen LogP contribution is 2.19. The lowest BCUT2D eigenvalue weighted by atomic mass is 10.1. The molecule has 1 amide bonds. The summed E-state index contributed by atoms with van der Waals surface area (Å²) >= 11 is 1.22. The summed E-state index contributed by atoms with van der Waals surface area (Å²) in [5, 5.41) is 11.6. The van der Waals surface area contributed by atoms with Gasteiger partial charge >= 0.3 is 5.97 Å². The van der Waals surface area contributed by atoms with Gasteiger partial charge in [0.2, 0.25) is 5.91 Å². The standard InChI is InChI=1S/C12H16N2O4S/c1-8(7-18-2)5-10(15)14-12-13-6-9(19-12)3-4-11(16)17/h3-4,6,8H,5,7H2,1-2H3,(H,16,17)(H,13,14,15). The third-order valence-electron chi connectivity index (χ3n) is 2.15. The minimum Gasteiger partial charge on any atom is -0.478 e. The number of aromatic nitrogens is 1. The monoisotopic (exact) mass is 284 g/mol. The predicted molar refractivity (Wildman–Crippen MR) is 73.1 cm³/mol. The SMILES string of the molecule is COCC(C)CC(=O)Nc1ncc(C=CC(=O)O)s1. The van der Waals surface area contributed by atoms with Gasteiger partial charge in [0.25, 0.3) is 0 Å². The van der Waals surface area contributed by atoms with Crippen molar-refractivity contribution in [3.05, 3.63) is 17.2 Å². The van der Waals surface area contributed by atoms with Crippen molar-refractivity contribution in [1.29, 1.82) is 0 Å². The zero-order valence-electron chi connectivity index (χ0n) is 10.8. The number of aliphatic carboxylic acids is 1. The average molecular weight is 284 g/mol. The summed E-state index contributed by atoms with van der Waals surface area (Å²) in [6.45, 7) is 2.45. The number of anilines is 1. The molecule has 104 valence electrons. The molecule has 1 atom stereocenters. The number of amides is 1. The molecule has 0 aliphatic rings. The second-order valence-electron chi connectivity index (χ2n) is 4.05. The van der Waals surface area contributed by atoms with Gasteiger partial charge in [0.15, 0.2) is 5.13 Å². The van der Waals surface area contributed by atoms with Gasteiger partial charge in [-0.05, 0) is 12.0 Å². The van der Waals surface area contributed by atoms with E-state index in [0.717, 1.165) is 6.08 Å². The van der Waals surface area contributed by atoms with Crippen molar-refractivity contribution in [2.24, 2.45) is 5.92 Å². The quantitative estimate of drug-likeness (QED) is 0.746. The maximum atomic E-state index is 11.7. The number of ether oxygens (including phenoxy) is 1. The van der Waals surface area contributed by atoms with E-state index in [0.29, 0.717) is 23.0 Å². The van der Waals surface area contributed by atoms with Crippen molar-refractivity contribution < 1.29 is 19.4 Å². The second kappa shape index (κ2) is 7.65. The van der Waals surface area contributed by atoms with Crippen LogP contribution in [0.3, 0.4) is 0 Å². The van der Waals surface area contributed by atoms with E-state index in [1.165, 1.54) is 23.6 Å². The third-order valence-corrected chi connectivity index (χ3v) is 3.02. The van der Waals surface area contributed by atoms with Crippen LogP contribution in [-0.2, 0) is 14.3 Å². The molecule has 6 nitrogen and oxygen atoms in total. The number of thiazole rings is 1. The van der Waals surface area contributed by atoms with E-state index in [1.807, 2.05) is 6.92 Å². The molecule has 0 bridgehead atoms. The summed E-state index contributed by atoms with van der Waals surface area (Å²) in [4.78, 5) is 26.7.